The van der Waals surface area contributed by atoms with Crippen LogP contribution in [0.2, 0.25) is 0 Å². The largest absolute Gasteiger partial charge is 0.288 e. The van der Waals surface area contributed by atoms with E-state index < -0.39 is 0 Å². The molecular weight excluding hydrogens is 223 g/mol. The van der Waals surface area contributed by atoms with Crippen LogP contribution in [0.15, 0.2) is 30.3 Å². The number of aryl methyl sites for hydroxylation is 2. The van der Waals surface area contributed by atoms with Gasteiger partial charge in [0.05, 0.1) is 4.88 Å². The summed E-state index contributed by atoms with van der Waals surface area (Å²) >= 11 is 1.45. The van der Waals surface area contributed by atoms with Crippen LogP contribution < -0.4 is 0 Å². The van der Waals surface area contributed by atoms with Crippen LogP contribution in [0.4, 0.5) is 4.39 Å². The Morgan fingerprint density at radius 1 is 1.25 bits per heavy atom. The highest BCUT2D eigenvalue weighted by molar-refractivity contribution is 7.14. The summed E-state index contributed by atoms with van der Waals surface area (Å²) in [7, 11) is 0. The SMILES string of the molecule is Cc1cc(C)c(C(=O)c2cccc(F)c2)s1. The average Bonchev–Trinajstić information content (AvgIpc) is 2.57. The Balaban J connectivity index is 2.43. The lowest BCUT2D eigenvalue weighted by Gasteiger charge is -1.99. The van der Waals surface area contributed by atoms with Gasteiger partial charge < -0.3 is 0 Å². The highest BCUT2D eigenvalue weighted by Crippen LogP contribution is 2.24. The van der Waals surface area contributed by atoms with E-state index in [2.05, 4.69) is 0 Å². The van der Waals surface area contributed by atoms with Crippen LogP contribution in [0.1, 0.15) is 25.7 Å². The van der Waals surface area contributed by atoms with E-state index in [4.69, 9.17) is 0 Å². The molecule has 0 aliphatic rings. The minimum atomic E-state index is -0.378. The average molecular weight is 234 g/mol. The van der Waals surface area contributed by atoms with Gasteiger partial charge in [0.1, 0.15) is 5.82 Å². The molecule has 1 nitrogen and oxygen atoms in total. The first kappa shape index (κ1) is 11.0. The number of carbonyl (C=O) groups excluding carboxylic acids is 1. The van der Waals surface area contributed by atoms with Crippen LogP contribution >= 0.6 is 11.3 Å². The van der Waals surface area contributed by atoms with Gasteiger partial charge in [-0.15, -0.1) is 11.3 Å². The van der Waals surface area contributed by atoms with Crippen LogP contribution in [0, 0.1) is 19.7 Å². The highest BCUT2D eigenvalue weighted by atomic mass is 32.1. The lowest BCUT2D eigenvalue weighted by molar-refractivity contribution is 0.104. The second-order valence-electron chi connectivity index (χ2n) is 3.71. The molecule has 0 N–H and O–H groups in total. The number of halogens is 1. The first-order valence-corrected chi connectivity index (χ1v) is 5.77. The zero-order valence-corrected chi connectivity index (χ0v) is 9.90. The van der Waals surface area contributed by atoms with Crippen molar-refractivity contribution >= 4 is 17.1 Å². The van der Waals surface area contributed by atoms with E-state index in [1.54, 1.807) is 12.1 Å². The van der Waals surface area contributed by atoms with Gasteiger partial charge in [-0.1, -0.05) is 12.1 Å². The Morgan fingerprint density at radius 3 is 2.56 bits per heavy atom. The third-order valence-corrected chi connectivity index (χ3v) is 3.49. The first-order valence-electron chi connectivity index (χ1n) is 4.95. The molecule has 0 bridgehead atoms. The molecule has 2 aromatic rings. The monoisotopic (exact) mass is 234 g/mol. The zero-order valence-electron chi connectivity index (χ0n) is 9.08. The lowest BCUT2D eigenvalue weighted by Crippen LogP contribution is -2.00. The molecule has 3 heteroatoms. The fourth-order valence-corrected chi connectivity index (χ4v) is 2.62. The summed E-state index contributed by atoms with van der Waals surface area (Å²) in [6.45, 7) is 3.86. The summed E-state index contributed by atoms with van der Waals surface area (Å²) in [6, 6.07) is 7.77. The second-order valence-corrected chi connectivity index (χ2v) is 4.96. The lowest BCUT2D eigenvalue weighted by atomic mass is 10.1. The van der Waals surface area contributed by atoms with Crippen molar-refractivity contribution in [3.05, 3.63) is 57.0 Å². The maximum absolute atomic E-state index is 13.0. The predicted octanol–water partition coefficient (Wildman–Crippen LogP) is 3.74. The van der Waals surface area contributed by atoms with Gasteiger partial charge in [0, 0.05) is 10.4 Å². The number of benzene rings is 1. The zero-order chi connectivity index (χ0) is 11.7. The molecule has 1 aromatic carbocycles. The maximum Gasteiger partial charge on any atom is 0.203 e. The number of ketones is 1. The molecule has 0 spiro atoms. The van der Waals surface area contributed by atoms with E-state index in [-0.39, 0.29) is 11.6 Å². The number of carbonyl (C=O) groups is 1. The van der Waals surface area contributed by atoms with E-state index in [0.717, 1.165) is 10.4 Å². The third-order valence-electron chi connectivity index (χ3n) is 2.33. The molecule has 0 fully saturated rings. The molecule has 0 aliphatic heterocycles. The van der Waals surface area contributed by atoms with E-state index in [9.17, 15) is 9.18 Å². The summed E-state index contributed by atoms with van der Waals surface area (Å²) in [5.74, 6) is -0.480. The van der Waals surface area contributed by atoms with Crippen LogP contribution in [-0.2, 0) is 0 Å². The smallest absolute Gasteiger partial charge is 0.203 e. The van der Waals surface area contributed by atoms with Crippen molar-refractivity contribution in [2.45, 2.75) is 13.8 Å². The van der Waals surface area contributed by atoms with Gasteiger partial charge in [0.15, 0.2) is 0 Å². The van der Waals surface area contributed by atoms with E-state index in [1.165, 1.54) is 23.5 Å². The second kappa shape index (κ2) is 4.18. The molecule has 0 aliphatic carbocycles. The highest BCUT2D eigenvalue weighted by Gasteiger charge is 2.14. The normalized spacial score (nSPS) is 10.4. The molecule has 2 rings (SSSR count). The summed E-state index contributed by atoms with van der Waals surface area (Å²) in [5, 5.41) is 0. The van der Waals surface area contributed by atoms with E-state index >= 15 is 0 Å². The van der Waals surface area contributed by atoms with E-state index in [0.29, 0.717) is 10.4 Å². The Morgan fingerprint density at radius 2 is 2.00 bits per heavy atom. The molecule has 0 radical (unpaired) electrons. The topological polar surface area (TPSA) is 17.1 Å². The molecule has 16 heavy (non-hydrogen) atoms. The van der Waals surface area contributed by atoms with Crippen molar-refractivity contribution < 1.29 is 9.18 Å². The Labute approximate surface area is 97.6 Å². The van der Waals surface area contributed by atoms with Crippen LogP contribution in [0.25, 0.3) is 0 Å². The molecular formula is C13H11FOS. The minimum Gasteiger partial charge on any atom is -0.288 e. The Kier molecular flexibility index (Phi) is 2.88. The third kappa shape index (κ3) is 2.04. The summed E-state index contributed by atoms with van der Waals surface area (Å²) in [5.41, 5.74) is 1.36. The van der Waals surface area contributed by atoms with Gasteiger partial charge in [-0.25, -0.2) is 4.39 Å². The quantitative estimate of drug-likeness (QED) is 0.723. The summed E-state index contributed by atoms with van der Waals surface area (Å²) < 4.78 is 13.0. The molecule has 1 aromatic heterocycles. The molecule has 1 heterocycles. The minimum absolute atomic E-state index is 0.102. The van der Waals surface area contributed by atoms with Crippen LogP contribution in [0.5, 0.6) is 0 Å². The van der Waals surface area contributed by atoms with Gasteiger partial charge in [0.25, 0.3) is 0 Å². The molecule has 0 saturated carbocycles. The summed E-state index contributed by atoms with van der Waals surface area (Å²) in [4.78, 5) is 13.9. The number of thiophene rings is 1. The Bertz CT molecular complexity index is 543. The fraction of sp³-hybridized carbons (Fsp3) is 0.154. The maximum atomic E-state index is 13.0. The van der Waals surface area contributed by atoms with Crippen molar-refractivity contribution in [1.29, 1.82) is 0 Å². The fourth-order valence-electron chi connectivity index (χ4n) is 1.63. The van der Waals surface area contributed by atoms with Crippen molar-refractivity contribution in [2.24, 2.45) is 0 Å². The van der Waals surface area contributed by atoms with E-state index in [1.807, 2.05) is 19.9 Å². The number of hydrogen-bond acceptors (Lipinski definition) is 2. The standard InChI is InChI=1S/C13H11FOS/c1-8-6-9(2)16-13(8)12(15)10-4-3-5-11(14)7-10/h3-7H,1-2H3. The van der Waals surface area contributed by atoms with Crippen LogP contribution in [0.3, 0.4) is 0 Å². The van der Waals surface area contributed by atoms with Gasteiger partial charge in [0.2, 0.25) is 5.78 Å². The molecule has 0 atom stereocenters. The molecule has 0 unspecified atom stereocenters. The van der Waals surface area contributed by atoms with Gasteiger partial charge >= 0.3 is 0 Å². The molecule has 0 amide bonds. The van der Waals surface area contributed by atoms with Gasteiger partial charge in [-0.05, 0) is 37.6 Å². The van der Waals surface area contributed by atoms with Crippen molar-refractivity contribution in [3.8, 4) is 0 Å². The van der Waals surface area contributed by atoms with Gasteiger partial charge in [-0.2, -0.15) is 0 Å². The first-order chi connectivity index (χ1) is 7.58. The van der Waals surface area contributed by atoms with Crippen molar-refractivity contribution in [1.82, 2.24) is 0 Å². The van der Waals surface area contributed by atoms with Crippen LogP contribution in [-0.4, -0.2) is 5.78 Å². The molecule has 0 saturated heterocycles. The predicted molar refractivity (Wildman–Crippen MR) is 63.6 cm³/mol. The number of rotatable bonds is 2. The van der Waals surface area contributed by atoms with Gasteiger partial charge in [-0.3, -0.25) is 4.79 Å². The van der Waals surface area contributed by atoms with Crippen molar-refractivity contribution in [3.63, 3.8) is 0 Å². The van der Waals surface area contributed by atoms with Crippen molar-refractivity contribution in [2.75, 3.05) is 0 Å². The number of hydrogen-bond donors (Lipinski definition) is 0. The molecule has 82 valence electrons. The summed E-state index contributed by atoms with van der Waals surface area (Å²) in [6.07, 6.45) is 0. The Hall–Kier alpha value is -1.48.